The molecule has 1 saturated carbocycles. The zero-order valence-electron chi connectivity index (χ0n) is 14.1. The number of rotatable bonds is 7. The molecule has 1 aromatic carbocycles. The van der Waals surface area contributed by atoms with Gasteiger partial charge >= 0.3 is 5.97 Å². The van der Waals surface area contributed by atoms with Crippen molar-refractivity contribution in [2.45, 2.75) is 64.7 Å². The maximum Gasteiger partial charge on any atom is 0.311 e. The Morgan fingerprint density at radius 3 is 2.12 bits per heavy atom. The van der Waals surface area contributed by atoms with Gasteiger partial charge in [-0.15, -0.1) is 0 Å². The number of benzene rings is 1. The summed E-state index contributed by atoms with van der Waals surface area (Å²) in [5.74, 6) is -3.77. The van der Waals surface area contributed by atoms with Gasteiger partial charge in [-0.1, -0.05) is 51.9 Å². The molecule has 2 nitrogen and oxygen atoms in total. The highest BCUT2D eigenvalue weighted by Gasteiger charge is 2.22. The van der Waals surface area contributed by atoms with Gasteiger partial charge in [-0.25, -0.2) is 13.2 Å². The Hall–Kier alpha value is -1.52. The van der Waals surface area contributed by atoms with Crippen LogP contribution in [0.1, 0.15) is 64.7 Å². The zero-order chi connectivity index (χ0) is 17.5. The zero-order valence-corrected chi connectivity index (χ0v) is 14.1. The van der Waals surface area contributed by atoms with Crippen LogP contribution < -0.4 is 4.74 Å². The van der Waals surface area contributed by atoms with Gasteiger partial charge in [0.15, 0.2) is 17.5 Å². The number of carbonyl (C=O) groups is 1. The predicted molar refractivity (Wildman–Crippen MR) is 86.2 cm³/mol. The van der Waals surface area contributed by atoms with Crippen molar-refractivity contribution in [1.29, 1.82) is 0 Å². The first-order valence-electron chi connectivity index (χ1n) is 8.84. The molecule has 1 aliphatic rings. The lowest BCUT2D eigenvalue weighted by Crippen LogP contribution is -2.17. The molecule has 0 aliphatic heterocycles. The highest BCUT2D eigenvalue weighted by Crippen LogP contribution is 2.34. The van der Waals surface area contributed by atoms with Crippen LogP contribution in [0.25, 0.3) is 0 Å². The molecule has 0 spiro atoms. The van der Waals surface area contributed by atoms with E-state index in [0.717, 1.165) is 25.2 Å². The number of hydrogen-bond donors (Lipinski definition) is 0. The lowest BCUT2D eigenvalue weighted by Gasteiger charge is -2.28. The molecule has 1 aliphatic carbocycles. The maximum absolute atomic E-state index is 13.1. The largest absolute Gasteiger partial charge is 0.426 e. The summed E-state index contributed by atoms with van der Waals surface area (Å²) in [6.07, 6.45) is 9.44. The number of carbonyl (C=O) groups excluding carboxylic acids is 1. The third kappa shape index (κ3) is 5.53. The molecule has 0 radical (unpaired) electrons. The Labute approximate surface area is 141 Å². The summed E-state index contributed by atoms with van der Waals surface area (Å²) >= 11 is 0. The van der Waals surface area contributed by atoms with Gasteiger partial charge in [-0.3, -0.25) is 4.79 Å². The molecule has 0 amide bonds. The fraction of sp³-hybridized carbons (Fsp3) is 0.632. The van der Waals surface area contributed by atoms with Gasteiger partial charge in [0, 0.05) is 18.6 Å². The molecule has 0 saturated heterocycles. The van der Waals surface area contributed by atoms with Crippen LogP contribution in [0.2, 0.25) is 0 Å². The van der Waals surface area contributed by atoms with Crippen LogP contribution in [-0.4, -0.2) is 5.97 Å². The molecule has 1 aromatic rings. The first-order valence-corrected chi connectivity index (χ1v) is 8.84. The monoisotopic (exact) mass is 342 g/mol. The maximum atomic E-state index is 13.1. The SMILES string of the molecule is CCCC[C@H]1CC[C@H](CCC(=O)Oc2cc(F)c(F)c(F)c2)CC1. The number of esters is 1. The number of halogens is 3. The number of hydrogen-bond acceptors (Lipinski definition) is 2. The quantitative estimate of drug-likeness (QED) is 0.356. The van der Waals surface area contributed by atoms with E-state index in [2.05, 4.69) is 6.92 Å². The summed E-state index contributed by atoms with van der Waals surface area (Å²) in [5.41, 5.74) is 0. The van der Waals surface area contributed by atoms with Crippen LogP contribution >= 0.6 is 0 Å². The van der Waals surface area contributed by atoms with Crippen molar-refractivity contribution in [1.82, 2.24) is 0 Å². The molecule has 24 heavy (non-hydrogen) atoms. The van der Waals surface area contributed by atoms with Crippen molar-refractivity contribution in [2.75, 3.05) is 0 Å². The Balaban J connectivity index is 1.72. The van der Waals surface area contributed by atoms with Gasteiger partial charge in [0.1, 0.15) is 5.75 Å². The third-order valence-corrected chi connectivity index (χ3v) is 4.88. The minimum atomic E-state index is -1.56. The molecule has 2 rings (SSSR count). The first kappa shape index (κ1) is 18.8. The smallest absolute Gasteiger partial charge is 0.311 e. The molecule has 0 bridgehead atoms. The van der Waals surface area contributed by atoms with Crippen LogP contribution in [0.15, 0.2) is 12.1 Å². The average molecular weight is 342 g/mol. The topological polar surface area (TPSA) is 26.3 Å². The summed E-state index contributed by atoms with van der Waals surface area (Å²) in [6, 6.07) is 1.38. The molecule has 0 N–H and O–H groups in total. The summed E-state index contributed by atoms with van der Waals surface area (Å²) in [7, 11) is 0. The molecule has 5 heteroatoms. The third-order valence-electron chi connectivity index (χ3n) is 4.88. The Morgan fingerprint density at radius 2 is 1.58 bits per heavy atom. The van der Waals surface area contributed by atoms with E-state index in [4.69, 9.17) is 4.74 Å². The molecule has 0 aromatic heterocycles. The molecular formula is C19H25F3O2. The van der Waals surface area contributed by atoms with Gasteiger partial charge in [-0.05, 0) is 18.3 Å². The summed E-state index contributed by atoms with van der Waals surface area (Å²) in [5, 5.41) is 0. The minimum absolute atomic E-state index is 0.213. The second kappa shape index (κ2) is 9.09. The summed E-state index contributed by atoms with van der Waals surface area (Å²) in [4.78, 5) is 11.8. The van der Waals surface area contributed by atoms with Crippen molar-refractivity contribution >= 4 is 5.97 Å². The first-order chi connectivity index (χ1) is 11.5. The second-order valence-corrected chi connectivity index (χ2v) is 6.74. The van der Waals surface area contributed by atoms with Crippen molar-refractivity contribution in [2.24, 2.45) is 11.8 Å². The fourth-order valence-corrected chi connectivity index (χ4v) is 3.40. The average Bonchev–Trinajstić information content (AvgIpc) is 2.57. The second-order valence-electron chi connectivity index (χ2n) is 6.74. The Morgan fingerprint density at radius 1 is 1.04 bits per heavy atom. The highest BCUT2D eigenvalue weighted by molar-refractivity contribution is 5.72. The molecular weight excluding hydrogens is 317 g/mol. The molecule has 134 valence electrons. The Kier molecular flexibility index (Phi) is 7.13. The molecule has 0 unspecified atom stereocenters. The van der Waals surface area contributed by atoms with E-state index in [1.807, 2.05) is 0 Å². The highest BCUT2D eigenvalue weighted by atomic mass is 19.2. The fourth-order valence-electron chi connectivity index (χ4n) is 3.40. The van der Waals surface area contributed by atoms with E-state index in [1.54, 1.807) is 0 Å². The van der Waals surface area contributed by atoms with E-state index in [0.29, 0.717) is 18.1 Å². The summed E-state index contributed by atoms with van der Waals surface area (Å²) in [6.45, 7) is 2.20. The van der Waals surface area contributed by atoms with Gasteiger partial charge < -0.3 is 4.74 Å². The van der Waals surface area contributed by atoms with Crippen molar-refractivity contribution in [3.8, 4) is 5.75 Å². The van der Waals surface area contributed by atoms with Gasteiger partial charge in [0.25, 0.3) is 0 Å². The van der Waals surface area contributed by atoms with Gasteiger partial charge in [0.05, 0.1) is 0 Å². The minimum Gasteiger partial charge on any atom is -0.426 e. The molecule has 0 atom stereocenters. The Bertz CT molecular complexity index is 529. The van der Waals surface area contributed by atoms with E-state index in [1.165, 1.54) is 32.1 Å². The van der Waals surface area contributed by atoms with Crippen molar-refractivity contribution < 1.29 is 22.7 Å². The van der Waals surface area contributed by atoms with Crippen LogP contribution in [0.4, 0.5) is 13.2 Å². The van der Waals surface area contributed by atoms with Crippen molar-refractivity contribution in [3.63, 3.8) is 0 Å². The van der Waals surface area contributed by atoms with Crippen LogP contribution in [0, 0.1) is 29.3 Å². The number of ether oxygens (including phenoxy) is 1. The number of unbranched alkanes of at least 4 members (excludes halogenated alkanes) is 1. The normalized spacial score (nSPS) is 20.8. The van der Waals surface area contributed by atoms with Gasteiger partial charge in [-0.2, -0.15) is 0 Å². The molecule has 0 heterocycles. The van der Waals surface area contributed by atoms with Crippen LogP contribution in [0.3, 0.4) is 0 Å². The van der Waals surface area contributed by atoms with Gasteiger partial charge in [0.2, 0.25) is 0 Å². The summed E-state index contributed by atoms with van der Waals surface area (Å²) < 4.78 is 43.9. The predicted octanol–water partition coefficient (Wildman–Crippen LogP) is 5.79. The van der Waals surface area contributed by atoms with E-state index in [9.17, 15) is 18.0 Å². The van der Waals surface area contributed by atoms with E-state index < -0.39 is 23.4 Å². The standard InChI is InChI=1S/C19H25F3O2/c1-2-3-4-13-5-7-14(8-6-13)9-10-18(23)24-15-11-16(20)19(22)17(21)12-15/h11-14H,2-10H2,1H3/t13-,14-. The van der Waals surface area contributed by atoms with E-state index in [-0.39, 0.29) is 12.2 Å². The van der Waals surface area contributed by atoms with Crippen molar-refractivity contribution in [3.05, 3.63) is 29.6 Å². The lowest BCUT2D eigenvalue weighted by atomic mass is 9.78. The van der Waals surface area contributed by atoms with Crippen LogP contribution in [0.5, 0.6) is 5.75 Å². The van der Waals surface area contributed by atoms with Crippen LogP contribution in [-0.2, 0) is 4.79 Å². The van der Waals surface area contributed by atoms with E-state index >= 15 is 0 Å². The lowest BCUT2D eigenvalue weighted by molar-refractivity contribution is -0.134. The molecule has 1 fully saturated rings.